The number of amides is 2. The van der Waals surface area contributed by atoms with Crippen molar-refractivity contribution in [3.63, 3.8) is 0 Å². The van der Waals surface area contributed by atoms with Gasteiger partial charge in [-0.3, -0.25) is 19.8 Å². The van der Waals surface area contributed by atoms with Gasteiger partial charge < -0.3 is 9.84 Å². The fourth-order valence-electron chi connectivity index (χ4n) is 2.02. The van der Waals surface area contributed by atoms with Crippen molar-refractivity contribution in [3.8, 4) is 5.75 Å². The zero-order valence-corrected chi connectivity index (χ0v) is 14.4. The average Bonchev–Trinajstić information content (AvgIpc) is 2.54. The van der Waals surface area contributed by atoms with Gasteiger partial charge in [-0.25, -0.2) is 4.79 Å². The van der Waals surface area contributed by atoms with Crippen LogP contribution in [0.2, 0.25) is 5.02 Å². The quantitative estimate of drug-likeness (QED) is 0.337. The van der Waals surface area contributed by atoms with Gasteiger partial charge in [-0.2, -0.15) is 0 Å². The number of halogens is 1. The molecule has 0 spiro atoms. The van der Waals surface area contributed by atoms with E-state index < -0.39 is 24.4 Å². The van der Waals surface area contributed by atoms with Crippen molar-refractivity contribution in [2.24, 2.45) is 0 Å². The molecule has 0 aromatic heterocycles. The van der Waals surface area contributed by atoms with E-state index >= 15 is 0 Å². The predicted octanol–water partition coefficient (Wildman–Crippen LogP) is 1.62. The van der Waals surface area contributed by atoms with Gasteiger partial charge in [0.15, 0.2) is 11.7 Å². The minimum Gasteiger partial charge on any atom is -0.480 e. The Morgan fingerprint density at radius 3 is 2.76 bits per heavy atom. The summed E-state index contributed by atoms with van der Waals surface area (Å²) in [6.07, 6.45) is 2.85. The van der Waals surface area contributed by atoms with Crippen LogP contribution in [0, 0.1) is 0 Å². The third-order valence-electron chi connectivity index (χ3n) is 3.12. The summed E-state index contributed by atoms with van der Waals surface area (Å²) in [6, 6.07) is 4.45. The average molecular weight is 381 g/mol. The summed E-state index contributed by atoms with van der Waals surface area (Å²) in [4.78, 5) is 36.2. The summed E-state index contributed by atoms with van der Waals surface area (Å²) in [5.41, 5.74) is 0.364. The lowest BCUT2D eigenvalue weighted by Crippen LogP contribution is -2.53. The highest BCUT2D eigenvalue weighted by Crippen LogP contribution is 2.27. The van der Waals surface area contributed by atoms with Crippen molar-refractivity contribution >= 4 is 52.8 Å². The molecule has 1 heterocycles. The van der Waals surface area contributed by atoms with Crippen LogP contribution in [0.3, 0.4) is 0 Å². The molecule has 2 N–H and O–H groups in total. The lowest BCUT2D eigenvalue weighted by Gasteiger charge is -2.27. The van der Waals surface area contributed by atoms with E-state index in [1.165, 1.54) is 29.2 Å². The van der Waals surface area contributed by atoms with Crippen molar-refractivity contribution < 1.29 is 24.2 Å². The van der Waals surface area contributed by atoms with Crippen LogP contribution >= 0.6 is 23.8 Å². The van der Waals surface area contributed by atoms with Crippen LogP contribution in [0.4, 0.5) is 0 Å². The van der Waals surface area contributed by atoms with Gasteiger partial charge in [0.05, 0.1) is 5.02 Å². The monoisotopic (exact) mass is 380 g/mol. The number of nitrogens with one attached hydrogen (secondary N) is 1. The number of carboxylic acids is 1. The van der Waals surface area contributed by atoms with E-state index in [0.29, 0.717) is 5.56 Å². The Labute approximate surface area is 153 Å². The topological polar surface area (TPSA) is 95.9 Å². The molecule has 2 amide bonds. The largest absolute Gasteiger partial charge is 0.480 e. The van der Waals surface area contributed by atoms with Crippen LogP contribution in [0.25, 0.3) is 6.08 Å². The fourth-order valence-corrected chi connectivity index (χ4v) is 2.51. The lowest BCUT2D eigenvalue weighted by atomic mass is 10.1. The summed E-state index contributed by atoms with van der Waals surface area (Å²) < 4.78 is 5.01. The fraction of sp³-hybridized carbons (Fsp3) is 0.125. The van der Waals surface area contributed by atoms with Gasteiger partial charge in [-0.1, -0.05) is 23.7 Å². The van der Waals surface area contributed by atoms with Crippen molar-refractivity contribution in [2.75, 3.05) is 13.2 Å². The zero-order chi connectivity index (χ0) is 18.6. The van der Waals surface area contributed by atoms with Crippen molar-refractivity contribution in [1.29, 1.82) is 0 Å². The van der Waals surface area contributed by atoms with E-state index in [4.69, 9.17) is 33.7 Å². The molecule has 1 aliphatic rings. The maximum Gasteiger partial charge on any atom is 0.341 e. The van der Waals surface area contributed by atoms with E-state index in [-0.39, 0.29) is 28.0 Å². The molecule has 0 saturated carbocycles. The number of benzene rings is 1. The van der Waals surface area contributed by atoms with E-state index in [1.54, 1.807) is 6.07 Å². The lowest BCUT2D eigenvalue weighted by molar-refractivity contribution is -0.139. The first-order valence-corrected chi connectivity index (χ1v) is 7.76. The highest BCUT2D eigenvalue weighted by atomic mass is 35.5. The Morgan fingerprint density at radius 1 is 1.44 bits per heavy atom. The Balaban J connectivity index is 2.28. The Bertz CT molecular complexity index is 806. The molecule has 9 heteroatoms. The smallest absolute Gasteiger partial charge is 0.341 e. The molecule has 1 aromatic rings. The number of ether oxygens (including phenoxy) is 1. The molecule has 1 aromatic carbocycles. The second-order valence-electron chi connectivity index (χ2n) is 4.89. The summed E-state index contributed by atoms with van der Waals surface area (Å²) in [6.45, 7) is 3.18. The first-order valence-electron chi connectivity index (χ1n) is 6.97. The van der Waals surface area contributed by atoms with Crippen molar-refractivity contribution in [3.05, 3.63) is 47.0 Å². The summed E-state index contributed by atoms with van der Waals surface area (Å²) >= 11 is 11.0. The number of carboxylic acid groups (broad SMARTS) is 1. The van der Waals surface area contributed by atoms with Gasteiger partial charge in [-0.05, 0) is 36.0 Å². The predicted molar refractivity (Wildman–Crippen MR) is 95.2 cm³/mol. The molecule has 0 aliphatic carbocycles. The molecule has 25 heavy (non-hydrogen) atoms. The van der Waals surface area contributed by atoms with Crippen LogP contribution in [-0.4, -0.2) is 46.1 Å². The highest BCUT2D eigenvalue weighted by Gasteiger charge is 2.32. The molecule has 7 nitrogen and oxygen atoms in total. The second-order valence-corrected chi connectivity index (χ2v) is 5.69. The molecular weight excluding hydrogens is 368 g/mol. The Hall–Kier alpha value is -2.71. The van der Waals surface area contributed by atoms with Crippen LogP contribution < -0.4 is 10.1 Å². The first-order chi connectivity index (χ1) is 11.8. The van der Waals surface area contributed by atoms with Gasteiger partial charge in [0.25, 0.3) is 11.8 Å². The zero-order valence-electron chi connectivity index (χ0n) is 12.8. The van der Waals surface area contributed by atoms with Crippen LogP contribution in [0.1, 0.15) is 5.56 Å². The summed E-state index contributed by atoms with van der Waals surface area (Å²) in [5, 5.41) is 11.2. The number of aliphatic carboxylic acids is 1. The van der Waals surface area contributed by atoms with Crippen LogP contribution in [-0.2, 0) is 14.4 Å². The van der Waals surface area contributed by atoms with Gasteiger partial charge in [0.1, 0.15) is 11.3 Å². The molecular formula is C16H13ClN2O5S. The van der Waals surface area contributed by atoms with Gasteiger partial charge in [0.2, 0.25) is 0 Å². The molecule has 1 aliphatic heterocycles. The number of carbonyl (C=O) groups excluding carboxylic acids is 2. The minimum absolute atomic E-state index is 0.0162. The molecule has 0 unspecified atom stereocenters. The number of hydrogen-bond acceptors (Lipinski definition) is 5. The molecule has 1 saturated heterocycles. The SMILES string of the molecule is C=CCN1C(=O)C(=Cc2ccc(OCC(=O)O)c(Cl)c2)C(=O)NC1=S. The first kappa shape index (κ1) is 18.6. The minimum atomic E-state index is -1.13. The molecule has 0 bridgehead atoms. The number of thiocarbonyl (C=S) groups is 1. The second kappa shape index (κ2) is 7.91. The standard InChI is InChI=1S/C16H13ClN2O5S/c1-2-5-19-15(23)10(14(22)18-16(19)25)6-9-3-4-12(11(17)7-9)24-8-13(20)21/h2-4,6-7H,1,5,8H2,(H,20,21)(H,18,22,25). The van der Waals surface area contributed by atoms with E-state index in [0.717, 1.165) is 0 Å². The van der Waals surface area contributed by atoms with Gasteiger partial charge in [-0.15, -0.1) is 6.58 Å². The Kier molecular flexibility index (Phi) is 5.89. The van der Waals surface area contributed by atoms with Crippen LogP contribution in [0.5, 0.6) is 5.75 Å². The molecule has 130 valence electrons. The molecule has 0 radical (unpaired) electrons. The van der Waals surface area contributed by atoms with Gasteiger partial charge in [0, 0.05) is 6.54 Å². The number of nitrogens with zero attached hydrogens (tertiary/aromatic N) is 1. The van der Waals surface area contributed by atoms with Crippen molar-refractivity contribution in [1.82, 2.24) is 10.2 Å². The summed E-state index contributed by atoms with van der Waals surface area (Å²) in [5.74, 6) is -2.11. The number of carbonyl (C=O) groups is 3. The highest BCUT2D eigenvalue weighted by molar-refractivity contribution is 7.80. The molecule has 1 fully saturated rings. The molecule has 2 rings (SSSR count). The van der Waals surface area contributed by atoms with Crippen molar-refractivity contribution in [2.45, 2.75) is 0 Å². The number of rotatable bonds is 6. The maximum atomic E-state index is 12.4. The van der Waals surface area contributed by atoms with E-state index in [9.17, 15) is 14.4 Å². The third kappa shape index (κ3) is 4.43. The number of hydrogen-bond donors (Lipinski definition) is 2. The van der Waals surface area contributed by atoms with E-state index in [2.05, 4.69) is 11.9 Å². The van der Waals surface area contributed by atoms with E-state index in [1.807, 2.05) is 0 Å². The Morgan fingerprint density at radius 2 is 2.16 bits per heavy atom. The summed E-state index contributed by atoms with van der Waals surface area (Å²) in [7, 11) is 0. The van der Waals surface area contributed by atoms with Crippen LogP contribution in [0.15, 0.2) is 36.4 Å². The third-order valence-corrected chi connectivity index (χ3v) is 3.73. The molecule has 0 atom stereocenters. The maximum absolute atomic E-state index is 12.4. The normalized spacial score (nSPS) is 16.0. The van der Waals surface area contributed by atoms with Gasteiger partial charge >= 0.3 is 5.97 Å².